The van der Waals surface area contributed by atoms with Crippen molar-refractivity contribution in [3.8, 4) is 5.75 Å². The quantitative estimate of drug-likeness (QED) is 0.782. The smallest absolute Gasteiger partial charge is 0.260 e. The number of anilines is 1. The molecule has 1 fully saturated rings. The highest BCUT2D eigenvalue weighted by Gasteiger charge is 2.22. The molecule has 0 atom stereocenters. The molecule has 1 aromatic heterocycles. The number of carbonyl (C=O) groups excluding carboxylic acids is 2. The number of nitrogens with zero attached hydrogens (tertiary/aromatic N) is 3. The van der Waals surface area contributed by atoms with Gasteiger partial charge in [0.25, 0.3) is 5.91 Å². The minimum absolute atomic E-state index is 0.0611. The van der Waals surface area contributed by atoms with E-state index in [0.717, 1.165) is 25.2 Å². The van der Waals surface area contributed by atoms with Gasteiger partial charge in [0.1, 0.15) is 11.6 Å². The fourth-order valence-corrected chi connectivity index (χ4v) is 2.67. The Kier molecular flexibility index (Phi) is 5.05. The first-order valence-corrected chi connectivity index (χ1v) is 7.88. The lowest BCUT2D eigenvalue weighted by Gasteiger charge is -2.35. The van der Waals surface area contributed by atoms with Crippen LogP contribution in [0.4, 0.5) is 5.82 Å². The summed E-state index contributed by atoms with van der Waals surface area (Å²) in [5, 5.41) is 0. The molecule has 1 aromatic carbocycles. The van der Waals surface area contributed by atoms with Crippen molar-refractivity contribution in [3.05, 3.63) is 54.2 Å². The zero-order valence-corrected chi connectivity index (χ0v) is 13.3. The number of hydrogen-bond acceptors (Lipinski definition) is 5. The van der Waals surface area contributed by atoms with Gasteiger partial charge in [-0.1, -0.05) is 18.2 Å². The number of aldehydes is 1. The molecule has 0 saturated carbocycles. The van der Waals surface area contributed by atoms with Gasteiger partial charge in [-0.25, -0.2) is 4.98 Å². The Hall–Kier alpha value is -2.89. The zero-order chi connectivity index (χ0) is 16.8. The Bertz CT molecular complexity index is 698. The maximum Gasteiger partial charge on any atom is 0.260 e. The molecule has 1 aliphatic heterocycles. The normalized spacial score (nSPS) is 14.3. The third-order valence-corrected chi connectivity index (χ3v) is 4.00. The Morgan fingerprint density at radius 3 is 2.54 bits per heavy atom. The molecule has 0 N–H and O–H groups in total. The van der Waals surface area contributed by atoms with Crippen LogP contribution in [0.2, 0.25) is 0 Å². The number of amides is 1. The SMILES string of the molecule is O=Cc1ccccc1OCC(=O)N1CCN(c2ccccn2)CC1. The second-order valence-electron chi connectivity index (χ2n) is 5.50. The lowest BCUT2D eigenvalue weighted by Crippen LogP contribution is -2.50. The van der Waals surface area contributed by atoms with Gasteiger partial charge >= 0.3 is 0 Å². The van der Waals surface area contributed by atoms with E-state index in [1.54, 1.807) is 35.4 Å². The van der Waals surface area contributed by atoms with E-state index < -0.39 is 0 Å². The fourth-order valence-electron chi connectivity index (χ4n) is 2.67. The average molecular weight is 325 g/mol. The first kappa shape index (κ1) is 16.0. The summed E-state index contributed by atoms with van der Waals surface area (Å²) in [5.74, 6) is 1.30. The van der Waals surface area contributed by atoms with Gasteiger partial charge in [-0.05, 0) is 24.3 Å². The third-order valence-electron chi connectivity index (χ3n) is 4.00. The molecule has 24 heavy (non-hydrogen) atoms. The van der Waals surface area contributed by atoms with E-state index in [1.807, 2.05) is 18.2 Å². The molecular weight excluding hydrogens is 306 g/mol. The summed E-state index contributed by atoms with van der Waals surface area (Å²) in [6.45, 7) is 2.69. The molecule has 0 bridgehead atoms. The van der Waals surface area contributed by atoms with Gasteiger partial charge in [0.15, 0.2) is 12.9 Å². The van der Waals surface area contributed by atoms with Crippen molar-refractivity contribution in [1.82, 2.24) is 9.88 Å². The number of carbonyl (C=O) groups is 2. The summed E-state index contributed by atoms with van der Waals surface area (Å²) in [5.41, 5.74) is 0.449. The number of rotatable bonds is 5. The largest absolute Gasteiger partial charge is 0.483 e. The van der Waals surface area contributed by atoms with Crippen molar-refractivity contribution in [2.75, 3.05) is 37.7 Å². The molecule has 2 aromatic rings. The Morgan fingerprint density at radius 1 is 1.08 bits per heavy atom. The van der Waals surface area contributed by atoms with Crippen LogP contribution >= 0.6 is 0 Å². The second-order valence-corrected chi connectivity index (χ2v) is 5.50. The van der Waals surface area contributed by atoms with Crippen LogP contribution in [0.15, 0.2) is 48.7 Å². The van der Waals surface area contributed by atoms with Crippen LogP contribution in [0.3, 0.4) is 0 Å². The molecule has 124 valence electrons. The van der Waals surface area contributed by atoms with Crippen molar-refractivity contribution < 1.29 is 14.3 Å². The summed E-state index contributed by atoms with van der Waals surface area (Å²) in [7, 11) is 0. The van der Waals surface area contributed by atoms with Crippen molar-refractivity contribution in [1.29, 1.82) is 0 Å². The van der Waals surface area contributed by atoms with Gasteiger partial charge in [-0.15, -0.1) is 0 Å². The van der Waals surface area contributed by atoms with Crippen molar-refractivity contribution >= 4 is 18.0 Å². The van der Waals surface area contributed by atoms with E-state index in [9.17, 15) is 9.59 Å². The van der Waals surface area contributed by atoms with Crippen molar-refractivity contribution in [2.45, 2.75) is 0 Å². The van der Waals surface area contributed by atoms with E-state index in [1.165, 1.54) is 0 Å². The summed E-state index contributed by atoms with van der Waals surface area (Å²) in [6.07, 6.45) is 2.50. The minimum atomic E-state index is -0.0728. The van der Waals surface area contributed by atoms with Crippen LogP contribution in [0.25, 0.3) is 0 Å². The van der Waals surface area contributed by atoms with Gasteiger partial charge in [0.2, 0.25) is 0 Å². The van der Waals surface area contributed by atoms with Crippen molar-refractivity contribution in [2.24, 2.45) is 0 Å². The highest BCUT2D eigenvalue weighted by molar-refractivity contribution is 5.81. The van der Waals surface area contributed by atoms with Gasteiger partial charge in [0, 0.05) is 32.4 Å². The monoisotopic (exact) mass is 325 g/mol. The molecular formula is C18H19N3O3. The fraction of sp³-hybridized carbons (Fsp3) is 0.278. The Labute approximate surface area is 140 Å². The highest BCUT2D eigenvalue weighted by Crippen LogP contribution is 2.16. The summed E-state index contributed by atoms with van der Waals surface area (Å²) >= 11 is 0. The number of aromatic nitrogens is 1. The van der Waals surface area contributed by atoms with Crippen LogP contribution < -0.4 is 9.64 Å². The summed E-state index contributed by atoms with van der Waals surface area (Å²) in [4.78, 5) is 31.5. The van der Waals surface area contributed by atoms with Gasteiger partial charge in [-0.3, -0.25) is 9.59 Å². The van der Waals surface area contributed by atoms with Crippen LogP contribution in [0, 0.1) is 0 Å². The topological polar surface area (TPSA) is 62.7 Å². The average Bonchev–Trinajstić information content (AvgIpc) is 2.67. The van der Waals surface area contributed by atoms with Crippen molar-refractivity contribution in [3.63, 3.8) is 0 Å². The summed E-state index contributed by atoms with van der Waals surface area (Å²) in [6, 6.07) is 12.7. The van der Waals surface area contributed by atoms with Gasteiger partial charge in [0.05, 0.1) is 5.56 Å². The maximum absolute atomic E-state index is 12.3. The van der Waals surface area contributed by atoms with Crippen LogP contribution in [0.5, 0.6) is 5.75 Å². The number of piperazine rings is 1. The number of hydrogen-bond donors (Lipinski definition) is 0. The standard InChI is InChI=1S/C18H19N3O3/c22-13-15-5-1-2-6-16(15)24-14-18(23)21-11-9-20(10-12-21)17-7-3-4-8-19-17/h1-8,13H,9-12,14H2. The van der Waals surface area contributed by atoms with Gasteiger partial charge < -0.3 is 14.5 Å². The molecule has 0 aliphatic carbocycles. The highest BCUT2D eigenvalue weighted by atomic mass is 16.5. The molecule has 6 heteroatoms. The first-order chi connectivity index (χ1) is 11.8. The molecule has 0 spiro atoms. The molecule has 1 aliphatic rings. The molecule has 0 unspecified atom stereocenters. The Balaban J connectivity index is 1.51. The first-order valence-electron chi connectivity index (χ1n) is 7.88. The molecule has 6 nitrogen and oxygen atoms in total. The molecule has 3 rings (SSSR count). The third kappa shape index (κ3) is 3.71. The maximum atomic E-state index is 12.3. The van der Waals surface area contributed by atoms with Crippen LogP contribution in [-0.2, 0) is 4.79 Å². The predicted molar refractivity (Wildman–Crippen MR) is 90.4 cm³/mol. The van der Waals surface area contributed by atoms with Gasteiger partial charge in [-0.2, -0.15) is 0 Å². The predicted octanol–water partition coefficient (Wildman–Crippen LogP) is 1.62. The number of ether oxygens (including phenoxy) is 1. The van der Waals surface area contributed by atoms with E-state index in [0.29, 0.717) is 24.4 Å². The number of pyridine rings is 1. The lowest BCUT2D eigenvalue weighted by molar-refractivity contribution is -0.133. The molecule has 1 amide bonds. The lowest BCUT2D eigenvalue weighted by atomic mass is 10.2. The number of benzene rings is 1. The van der Waals surface area contributed by atoms with E-state index >= 15 is 0 Å². The van der Waals surface area contributed by atoms with E-state index in [2.05, 4.69) is 9.88 Å². The van der Waals surface area contributed by atoms with E-state index in [4.69, 9.17) is 4.74 Å². The second kappa shape index (κ2) is 7.59. The minimum Gasteiger partial charge on any atom is -0.483 e. The summed E-state index contributed by atoms with van der Waals surface area (Å²) < 4.78 is 5.51. The number of para-hydroxylation sites is 1. The molecule has 0 radical (unpaired) electrons. The zero-order valence-electron chi connectivity index (χ0n) is 13.3. The van der Waals surface area contributed by atoms with Crippen LogP contribution in [0.1, 0.15) is 10.4 Å². The molecule has 2 heterocycles. The molecule has 1 saturated heterocycles. The van der Waals surface area contributed by atoms with Crippen LogP contribution in [-0.4, -0.2) is 54.9 Å². The van der Waals surface area contributed by atoms with E-state index in [-0.39, 0.29) is 12.5 Å². The Morgan fingerprint density at radius 2 is 1.83 bits per heavy atom.